The zero-order valence-electron chi connectivity index (χ0n) is 9.11. The summed E-state index contributed by atoms with van der Waals surface area (Å²) in [5.74, 6) is 2.81. The topological polar surface area (TPSA) is 12.0 Å². The van der Waals surface area contributed by atoms with Crippen molar-refractivity contribution in [3.05, 3.63) is 0 Å². The molecule has 0 aromatic rings. The lowest BCUT2D eigenvalue weighted by Gasteiger charge is -2.36. The van der Waals surface area contributed by atoms with Crippen LogP contribution in [0.3, 0.4) is 0 Å². The zero-order chi connectivity index (χ0) is 9.95. The van der Waals surface area contributed by atoms with Gasteiger partial charge in [0.05, 0.1) is 0 Å². The van der Waals surface area contributed by atoms with Gasteiger partial charge in [0.25, 0.3) is 0 Å². The molecule has 1 nitrogen and oxygen atoms in total. The van der Waals surface area contributed by atoms with Crippen LogP contribution in [-0.4, -0.2) is 11.1 Å². The summed E-state index contributed by atoms with van der Waals surface area (Å²) in [6, 6.07) is 0. The molecule has 0 spiro atoms. The second kappa shape index (κ2) is 3.72. The molecular weight excluding hydrogens is 158 g/mol. The van der Waals surface area contributed by atoms with E-state index in [1.807, 2.05) is 0 Å². The Kier molecular flexibility index (Phi) is 3.03. The van der Waals surface area contributed by atoms with Crippen molar-refractivity contribution in [1.82, 2.24) is 5.32 Å². The lowest BCUT2D eigenvalue weighted by Crippen LogP contribution is -2.52. The Morgan fingerprint density at radius 2 is 1.85 bits per heavy atom. The second-order valence-corrected chi connectivity index (χ2v) is 5.24. The van der Waals surface area contributed by atoms with Gasteiger partial charge in [-0.25, -0.2) is 0 Å². The Bertz CT molecular complexity index is 198. The maximum atomic E-state index is 5.42. The highest BCUT2D eigenvalue weighted by atomic mass is 15.0. The molecule has 0 bridgehead atoms. The van der Waals surface area contributed by atoms with Crippen molar-refractivity contribution in [2.24, 2.45) is 0 Å². The van der Waals surface area contributed by atoms with Gasteiger partial charge in [0.1, 0.15) is 0 Å². The monoisotopic (exact) mass is 179 g/mol. The van der Waals surface area contributed by atoms with Crippen LogP contribution in [0.2, 0.25) is 0 Å². The molecule has 1 saturated carbocycles. The first-order chi connectivity index (χ1) is 5.97. The molecule has 1 N–H and O–H groups in total. The van der Waals surface area contributed by atoms with Crippen molar-refractivity contribution in [2.45, 2.75) is 64.0 Å². The molecule has 1 rings (SSSR count). The molecular formula is C12H21N. The van der Waals surface area contributed by atoms with Crippen molar-refractivity contribution >= 4 is 0 Å². The average Bonchev–Trinajstić information content (AvgIpc) is 2.33. The van der Waals surface area contributed by atoms with E-state index in [4.69, 9.17) is 6.42 Å². The van der Waals surface area contributed by atoms with Crippen LogP contribution in [0, 0.1) is 12.3 Å². The highest BCUT2D eigenvalue weighted by Crippen LogP contribution is 2.33. The van der Waals surface area contributed by atoms with E-state index in [0.717, 1.165) is 6.42 Å². The SMILES string of the molecule is C#CCC1(NC(C)(C)C)CCCC1. The van der Waals surface area contributed by atoms with Crippen LogP contribution in [0.4, 0.5) is 0 Å². The molecule has 1 aliphatic carbocycles. The summed E-state index contributed by atoms with van der Waals surface area (Å²) in [4.78, 5) is 0. The predicted octanol–water partition coefficient (Wildman–Crippen LogP) is 2.71. The molecule has 0 atom stereocenters. The second-order valence-electron chi connectivity index (χ2n) is 5.24. The van der Waals surface area contributed by atoms with Crippen molar-refractivity contribution in [3.8, 4) is 12.3 Å². The molecule has 0 aliphatic heterocycles. The Labute approximate surface area is 82.3 Å². The zero-order valence-corrected chi connectivity index (χ0v) is 9.11. The Balaban J connectivity index is 2.63. The maximum Gasteiger partial charge on any atom is 0.0295 e. The third-order valence-corrected chi connectivity index (χ3v) is 2.64. The van der Waals surface area contributed by atoms with Gasteiger partial charge in [0, 0.05) is 17.5 Å². The van der Waals surface area contributed by atoms with E-state index in [2.05, 4.69) is 32.0 Å². The standard InChI is InChI=1S/C12H21N/c1-5-8-12(9-6-7-10-12)13-11(2,3)4/h1,13H,6-10H2,2-4H3. The van der Waals surface area contributed by atoms with E-state index < -0.39 is 0 Å². The fourth-order valence-corrected chi connectivity index (χ4v) is 2.39. The number of terminal acetylenes is 1. The van der Waals surface area contributed by atoms with E-state index in [1.54, 1.807) is 0 Å². The van der Waals surface area contributed by atoms with Crippen molar-refractivity contribution < 1.29 is 0 Å². The third-order valence-electron chi connectivity index (χ3n) is 2.64. The first-order valence-corrected chi connectivity index (χ1v) is 5.20. The van der Waals surface area contributed by atoms with Gasteiger partial charge in [0.15, 0.2) is 0 Å². The molecule has 0 radical (unpaired) electrons. The minimum atomic E-state index is 0.182. The molecule has 0 saturated heterocycles. The van der Waals surface area contributed by atoms with Crippen LogP contribution in [0.1, 0.15) is 52.9 Å². The van der Waals surface area contributed by atoms with E-state index in [0.29, 0.717) is 0 Å². The molecule has 0 amide bonds. The van der Waals surface area contributed by atoms with Gasteiger partial charge >= 0.3 is 0 Å². The van der Waals surface area contributed by atoms with Crippen LogP contribution in [0.25, 0.3) is 0 Å². The molecule has 1 fully saturated rings. The smallest absolute Gasteiger partial charge is 0.0295 e. The lowest BCUT2D eigenvalue weighted by molar-refractivity contribution is 0.251. The van der Waals surface area contributed by atoms with Crippen molar-refractivity contribution in [3.63, 3.8) is 0 Å². The summed E-state index contributed by atoms with van der Waals surface area (Å²) < 4.78 is 0. The molecule has 0 unspecified atom stereocenters. The molecule has 13 heavy (non-hydrogen) atoms. The summed E-state index contributed by atoms with van der Waals surface area (Å²) in [5.41, 5.74) is 0.425. The number of nitrogens with one attached hydrogen (secondary N) is 1. The Hall–Kier alpha value is -0.480. The normalized spacial score (nSPS) is 21.4. The van der Waals surface area contributed by atoms with E-state index in [1.165, 1.54) is 25.7 Å². The fourth-order valence-electron chi connectivity index (χ4n) is 2.39. The number of rotatable bonds is 2. The van der Waals surface area contributed by atoms with E-state index >= 15 is 0 Å². The quantitative estimate of drug-likeness (QED) is 0.643. The van der Waals surface area contributed by atoms with Crippen LogP contribution < -0.4 is 5.32 Å². The number of hydrogen-bond acceptors (Lipinski definition) is 1. The first-order valence-electron chi connectivity index (χ1n) is 5.20. The van der Waals surface area contributed by atoms with E-state index in [9.17, 15) is 0 Å². The molecule has 0 aromatic heterocycles. The van der Waals surface area contributed by atoms with Gasteiger partial charge in [-0.3, -0.25) is 0 Å². The highest BCUT2D eigenvalue weighted by molar-refractivity contribution is 5.04. The summed E-state index contributed by atoms with van der Waals surface area (Å²) >= 11 is 0. The van der Waals surface area contributed by atoms with Crippen LogP contribution >= 0.6 is 0 Å². The van der Waals surface area contributed by atoms with Crippen molar-refractivity contribution in [1.29, 1.82) is 0 Å². The van der Waals surface area contributed by atoms with Gasteiger partial charge in [0.2, 0.25) is 0 Å². The average molecular weight is 179 g/mol. The minimum Gasteiger partial charge on any atom is -0.306 e. The Morgan fingerprint density at radius 1 is 1.31 bits per heavy atom. The predicted molar refractivity (Wildman–Crippen MR) is 57.5 cm³/mol. The molecule has 0 heterocycles. The molecule has 0 aromatic carbocycles. The van der Waals surface area contributed by atoms with E-state index in [-0.39, 0.29) is 11.1 Å². The fraction of sp³-hybridized carbons (Fsp3) is 0.833. The van der Waals surface area contributed by atoms with Gasteiger partial charge in [-0.1, -0.05) is 12.8 Å². The van der Waals surface area contributed by atoms with Crippen LogP contribution in [0.5, 0.6) is 0 Å². The highest BCUT2D eigenvalue weighted by Gasteiger charge is 2.35. The summed E-state index contributed by atoms with van der Waals surface area (Å²) in [6.45, 7) is 6.64. The molecule has 74 valence electrons. The largest absolute Gasteiger partial charge is 0.306 e. The molecule has 1 heteroatoms. The van der Waals surface area contributed by atoms with Crippen LogP contribution in [-0.2, 0) is 0 Å². The van der Waals surface area contributed by atoms with Gasteiger partial charge in [-0.15, -0.1) is 12.3 Å². The van der Waals surface area contributed by atoms with Gasteiger partial charge < -0.3 is 5.32 Å². The van der Waals surface area contributed by atoms with Crippen LogP contribution in [0.15, 0.2) is 0 Å². The Morgan fingerprint density at radius 3 is 2.23 bits per heavy atom. The summed E-state index contributed by atoms with van der Waals surface area (Å²) in [7, 11) is 0. The molecule has 1 aliphatic rings. The lowest BCUT2D eigenvalue weighted by atomic mass is 9.90. The van der Waals surface area contributed by atoms with Crippen molar-refractivity contribution in [2.75, 3.05) is 0 Å². The first kappa shape index (κ1) is 10.6. The minimum absolute atomic E-state index is 0.182. The third kappa shape index (κ3) is 3.04. The maximum absolute atomic E-state index is 5.42. The summed E-state index contributed by atoms with van der Waals surface area (Å²) in [5, 5.41) is 3.69. The van der Waals surface area contributed by atoms with Gasteiger partial charge in [-0.05, 0) is 33.6 Å². The summed E-state index contributed by atoms with van der Waals surface area (Å²) in [6.07, 6.45) is 11.4. The number of hydrogen-bond donors (Lipinski definition) is 1. The van der Waals surface area contributed by atoms with Gasteiger partial charge in [-0.2, -0.15) is 0 Å².